The summed E-state index contributed by atoms with van der Waals surface area (Å²) in [4.78, 5) is 4.84. The van der Waals surface area contributed by atoms with Gasteiger partial charge in [-0.3, -0.25) is 0 Å². The van der Waals surface area contributed by atoms with E-state index >= 15 is 0 Å². The van der Waals surface area contributed by atoms with Gasteiger partial charge in [-0.15, -0.1) is 10.2 Å². The number of morpholine rings is 2. The van der Waals surface area contributed by atoms with Crippen LogP contribution in [0.3, 0.4) is 0 Å². The lowest BCUT2D eigenvalue weighted by Gasteiger charge is -2.38. The fourth-order valence-electron chi connectivity index (χ4n) is 4.74. The summed E-state index contributed by atoms with van der Waals surface area (Å²) >= 11 is 0. The third kappa shape index (κ3) is 2.37. The van der Waals surface area contributed by atoms with Crippen molar-refractivity contribution in [1.29, 1.82) is 0 Å². The van der Waals surface area contributed by atoms with Crippen molar-refractivity contribution in [3.8, 4) is 0 Å². The molecule has 4 bridgehead atoms. The number of aromatic nitrogens is 2. The monoisotopic (exact) mass is 331 g/mol. The smallest absolute Gasteiger partial charge is 0.153 e. The molecular weight excluding hydrogens is 306 g/mol. The summed E-state index contributed by atoms with van der Waals surface area (Å²) in [5, 5.41) is 8.95. The van der Waals surface area contributed by atoms with E-state index in [1.165, 1.54) is 12.8 Å². The Morgan fingerprint density at radius 3 is 2.42 bits per heavy atom. The van der Waals surface area contributed by atoms with Gasteiger partial charge in [0, 0.05) is 25.7 Å². The number of anilines is 2. The third-order valence-corrected chi connectivity index (χ3v) is 5.91. The molecule has 4 fully saturated rings. The van der Waals surface area contributed by atoms with Gasteiger partial charge in [0.05, 0.1) is 43.2 Å². The number of nitrogens with zero attached hydrogens (tertiary/aromatic N) is 4. The van der Waals surface area contributed by atoms with Crippen LogP contribution in [0, 0.1) is 0 Å². The molecule has 1 aromatic rings. The van der Waals surface area contributed by atoms with Gasteiger partial charge in [0.15, 0.2) is 5.82 Å². The minimum absolute atomic E-state index is 0.350. The standard InChI is InChI=1S/C17H25N5O2/c18-6-15-16(22-11-1-2-12(22)10-23-9-11)5-17(20-19-15)21-7-13-3-4-14(8-21)24-13/h5,11-14H,1-4,6-10,18H2. The van der Waals surface area contributed by atoms with Crippen molar-refractivity contribution in [2.45, 2.75) is 56.5 Å². The van der Waals surface area contributed by atoms with Gasteiger partial charge in [0.2, 0.25) is 0 Å². The fourth-order valence-corrected chi connectivity index (χ4v) is 4.74. The molecule has 4 aliphatic rings. The Hall–Kier alpha value is -1.44. The predicted octanol–water partition coefficient (Wildman–Crippen LogP) is 0.671. The number of fused-ring (bicyclic) bond motifs is 4. The molecule has 5 heterocycles. The lowest BCUT2D eigenvalue weighted by atomic mass is 10.2. The van der Waals surface area contributed by atoms with Crippen LogP contribution < -0.4 is 15.5 Å². The number of nitrogens with two attached hydrogens (primary N) is 1. The van der Waals surface area contributed by atoms with Crippen molar-refractivity contribution in [3.05, 3.63) is 11.8 Å². The van der Waals surface area contributed by atoms with Crippen LogP contribution >= 0.6 is 0 Å². The Kier molecular flexibility index (Phi) is 3.61. The molecule has 5 rings (SSSR count). The van der Waals surface area contributed by atoms with Crippen LogP contribution in [0.1, 0.15) is 31.4 Å². The molecule has 0 radical (unpaired) electrons. The quantitative estimate of drug-likeness (QED) is 0.872. The highest BCUT2D eigenvalue weighted by atomic mass is 16.5. The number of hydrogen-bond acceptors (Lipinski definition) is 7. The van der Waals surface area contributed by atoms with Gasteiger partial charge in [-0.1, -0.05) is 0 Å². The van der Waals surface area contributed by atoms with Crippen LogP contribution in [0.15, 0.2) is 6.07 Å². The molecule has 0 amide bonds. The molecule has 7 heteroatoms. The van der Waals surface area contributed by atoms with Gasteiger partial charge >= 0.3 is 0 Å². The first-order valence-electron chi connectivity index (χ1n) is 9.15. The van der Waals surface area contributed by atoms with E-state index in [-0.39, 0.29) is 0 Å². The second kappa shape index (κ2) is 5.82. The second-order valence-electron chi connectivity index (χ2n) is 7.43. The molecule has 0 aromatic carbocycles. The van der Waals surface area contributed by atoms with Crippen molar-refractivity contribution >= 4 is 11.5 Å². The highest BCUT2D eigenvalue weighted by Gasteiger charge is 2.39. The van der Waals surface area contributed by atoms with Gasteiger partial charge < -0.3 is 25.0 Å². The number of rotatable bonds is 3. The molecule has 4 aliphatic heterocycles. The normalized spacial score (nSPS) is 34.9. The van der Waals surface area contributed by atoms with Gasteiger partial charge in [-0.2, -0.15) is 0 Å². The largest absolute Gasteiger partial charge is 0.377 e. The summed E-state index contributed by atoms with van der Waals surface area (Å²) in [6.45, 7) is 3.87. The minimum Gasteiger partial charge on any atom is -0.377 e. The molecule has 4 atom stereocenters. The summed E-state index contributed by atoms with van der Waals surface area (Å²) in [6, 6.07) is 3.11. The first-order valence-corrected chi connectivity index (χ1v) is 9.15. The Bertz CT molecular complexity index is 599. The van der Waals surface area contributed by atoms with Crippen LogP contribution in [-0.4, -0.2) is 60.8 Å². The van der Waals surface area contributed by atoms with E-state index in [1.807, 2.05) is 0 Å². The third-order valence-electron chi connectivity index (χ3n) is 5.91. The van der Waals surface area contributed by atoms with E-state index in [0.29, 0.717) is 30.8 Å². The van der Waals surface area contributed by atoms with Gasteiger partial charge in [-0.25, -0.2) is 0 Å². The van der Waals surface area contributed by atoms with Crippen molar-refractivity contribution in [3.63, 3.8) is 0 Å². The molecule has 130 valence electrons. The van der Waals surface area contributed by atoms with Crippen LogP contribution in [0.25, 0.3) is 0 Å². The first-order chi connectivity index (χ1) is 11.8. The number of hydrogen-bond donors (Lipinski definition) is 1. The predicted molar refractivity (Wildman–Crippen MR) is 90.1 cm³/mol. The molecule has 0 aliphatic carbocycles. The topological polar surface area (TPSA) is 76.7 Å². The molecule has 7 nitrogen and oxygen atoms in total. The van der Waals surface area contributed by atoms with Crippen molar-refractivity contribution in [1.82, 2.24) is 10.2 Å². The summed E-state index contributed by atoms with van der Waals surface area (Å²) < 4.78 is 11.7. The molecular formula is C17H25N5O2. The van der Waals surface area contributed by atoms with E-state index < -0.39 is 0 Å². The lowest BCUT2D eigenvalue weighted by Crippen LogP contribution is -2.47. The SMILES string of the molecule is NCc1nnc(N2CC3CCC(C2)O3)cc1N1C2CCC1COC2. The van der Waals surface area contributed by atoms with E-state index in [1.54, 1.807) is 0 Å². The summed E-state index contributed by atoms with van der Waals surface area (Å²) in [6.07, 6.45) is 5.40. The fraction of sp³-hybridized carbons (Fsp3) is 0.765. The summed E-state index contributed by atoms with van der Waals surface area (Å²) in [5.74, 6) is 0.966. The highest BCUT2D eigenvalue weighted by Crippen LogP contribution is 2.37. The second-order valence-corrected chi connectivity index (χ2v) is 7.43. The average Bonchev–Trinajstić information content (AvgIpc) is 3.08. The van der Waals surface area contributed by atoms with Crippen molar-refractivity contribution in [2.75, 3.05) is 36.1 Å². The molecule has 24 heavy (non-hydrogen) atoms. The highest BCUT2D eigenvalue weighted by molar-refractivity contribution is 5.60. The van der Waals surface area contributed by atoms with Crippen molar-refractivity contribution < 1.29 is 9.47 Å². The van der Waals surface area contributed by atoms with E-state index in [2.05, 4.69) is 26.1 Å². The van der Waals surface area contributed by atoms with E-state index in [4.69, 9.17) is 15.2 Å². The Labute approximate surface area is 142 Å². The maximum atomic E-state index is 5.96. The maximum Gasteiger partial charge on any atom is 0.153 e. The van der Waals surface area contributed by atoms with E-state index in [0.717, 1.165) is 56.3 Å². The average molecular weight is 331 g/mol. The zero-order chi connectivity index (χ0) is 16.1. The van der Waals surface area contributed by atoms with Crippen molar-refractivity contribution in [2.24, 2.45) is 5.73 Å². The molecule has 2 N–H and O–H groups in total. The van der Waals surface area contributed by atoms with E-state index in [9.17, 15) is 0 Å². The van der Waals surface area contributed by atoms with Crippen LogP contribution in [0.2, 0.25) is 0 Å². The first kappa shape index (κ1) is 14.9. The Balaban J connectivity index is 1.48. The van der Waals surface area contributed by atoms with Gasteiger partial charge in [-0.05, 0) is 25.7 Å². The van der Waals surface area contributed by atoms with Crippen LogP contribution in [-0.2, 0) is 16.0 Å². The van der Waals surface area contributed by atoms with Crippen LogP contribution in [0.5, 0.6) is 0 Å². The molecule has 0 saturated carbocycles. The zero-order valence-electron chi connectivity index (χ0n) is 13.9. The minimum atomic E-state index is 0.350. The zero-order valence-corrected chi connectivity index (χ0v) is 13.9. The van der Waals surface area contributed by atoms with Gasteiger partial charge in [0.1, 0.15) is 5.69 Å². The van der Waals surface area contributed by atoms with Crippen LogP contribution in [0.4, 0.5) is 11.5 Å². The summed E-state index contributed by atoms with van der Waals surface area (Å²) in [7, 11) is 0. The van der Waals surface area contributed by atoms with Gasteiger partial charge in [0.25, 0.3) is 0 Å². The number of ether oxygens (including phenoxy) is 2. The maximum absolute atomic E-state index is 5.96. The summed E-state index contributed by atoms with van der Waals surface area (Å²) in [5.41, 5.74) is 8.02. The lowest BCUT2D eigenvalue weighted by molar-refractivity contribution is 0.0301. The molecule has 1 aromatic heterocycles. The molecule has 4 unspecified atom stereocenters. The molecule has 0 spiro atoms. The Morgan fingerprint density at radius 1 is 1.04 bits per heavy atom. The molecule has 4 saturated heterocycles. The Morgan fingerprint density at radius 2 is 1.75 bits per heavy atom.